The SMILES string of the molecule is N[C@@H]1CCCSc2cc(C(=O)Nc3ccncc3)ccc21. The highest BCUT2D eigenvalue weighted by molar-refractivity contribution is 7.99. The lowest BCUT2D eigenvalue weighted by molar-refractivity contribution is 0.102. The van der Waals surface area contributed by atoms with E-state index in [4.69, 9.17) is 5.73 Å². The number of anilines is 1. The van der Waals surface area contributed by atoms with Crippen molar-refractivity contribution in [2.45, 2.75) is 23.8 Å². The second-order valence-corrected chi connectivity index (χ2v) is 6.18. The van der Waals surface area contributed by atoms with Crippen LogP contribution in [0.2, 0.25) is 0 Å². The summed E-state index contributed by atoms with van der Waals surface area (Å²) in [7, 11) is 0. The summed E-state index contributed by atoms with van der Waals surface area (Å²) in [6, 6.07) is 9.40. The standard InChI is InChI=1S/C16H17N3OS/c17-14-2-1-9-21-15-10-11(3-4-13(14)15)16(20)19-12-5-7-18-8-6-12/h3-8,10,14H,1-2,9,17H2,(H,18,19,20)/t14-/m1/s1. The minimum Gasteiger partial charge on any atom is -0.324 e. The summed E-state index contributed by atoms with van der Waals surface area (Å²) in [5.41, 5.74) is 8.73. The van der Waals surface area contributed by atoms with Crippen LogP contribution in [0, 0.1) is 0 Å². The molecule has 0 unspecified atom stereocenters. The normalized spacial score (nSPS) is 17.7. The number of amides is 1. The predicted molar refractivity (Wildman–Crippen MR) is 85.5 cm³/mol. The zero-order chi connectivity index (χ0) is 14.7. The monoisotopic (exact) mass is 299 g/mol. The summed E-state index contributed by atoms with van der Waals surface area (Å²) in [5, 5.41) is 2.87. The molecule has 3 N–H and O–H groups in total. The van der Waals surface area contributed by atoms with Crippen LogP contribution in [0.5, 0.6) is 0 Å². The summed E-state index contributed by atoms with van der Waals surface area (Å²) in [4.78, 5) is 17.4. The number of rotatable bonds is 2. The molecule has 1 amide bonds. The molecule has 0 radical (unpaired) electrons. The molecule has 0 bridgehead atoms. The Morgan fingerprint density at radius 1 is 1.29 bits per heavy atom. The Morgan fingerprint density at radius 2 is 2.10 bits per heavy atom. The molecule has 108 valence electrons. The van der Waals surface area contributed by atoms with E-state index in [9.17, 15) is 4.79 Å². The van der Waals surface area contributed by atoms with Gasteiger partial charge in [0.1, 0.15) is 0 Å². The number of carbonyl (C=O) groups is 1. The summed E-state index contributed by atoms with van der Waals surface area (Å²) in [5.74, 6) is 0.943. The Hall–Kier alpha value is -1.85. The molecule has 2 aromatic rings. The Morgan fingerprint density at radius 3 is 2.90 bits per heavy atom. The highest BCUT2D eigenvalue weighted by Gasteiger charge is 2.17. The third kappa shape index (κ3) is 3.25. The first-order valence-corrected chi connectivity index (χ1v) is 7.96. The Labute approximate surface area is 128 Å². The molecule has 2 heterocycles. The third-order valence-corrected chi connectivity index (χ3v) is 4.69. The number of hydrogen-bond donors (Lipinski definition) is 2. The molecule has 1 aliphatic heterocycles. The molecule has 0 aliphatic carbocycles. The lowest BCUT2D eigenvalue weighted by Crippen LogP contribution is -2.14. The lowest BCUT2D eigenvalue weighted by Gasteiger charge is -2.13. The van der Waals surface area contributed by atoms with E-state index < -0.39 is 0 Å². The molecular formula is C16H17N3OS. The van der Waals surface area contributed by atoms with E-state index in [-0.39, 0.29) is 11.9 Å². The number of nitrogens with one attached hydrogen (secondary N) is 1. The number of thioether (sulfide) groups is 1. The molecule has 3 rings (SSSR count). The van der Waals surface area contributed by atoms with Crippen molar-refractivity contribution >= 4 is 23.4 Å². The van der Waals surface area contributed by atoms with Gasteiger partial charge in [0.15, 0.2) is 0 Å². The Bertz CT molecular complexity index is 645. The van der Waals surface area contributed by atoms with Crippen LogP contribution in [0.1, 0.15) is 34.8 Å². The van der Waals surface area contributed by atoms with E-state index in [1.54, 1.807) is 36.3 Å². The maximum atomic E-state index is 12.3. The third-order valence-electron chi connectivity index (χ3n) is 3.53. The van der Waals surface area contributed by atoms with Gasteiger partial charge in [-0.05, 0) is 48.4 Å². The van der Waals surface area contributed by atoms with Crippen molar-refractivity contribution in [2.24, 2.45) is 5.73 Å². The number of pyridine rings is 1. The van der Waals surface area contributed by atoms with Gasteiger partial charge in [-0.3, -0.25) is 9.78 Å². The first-order chi connectivity index (χ1) is 10.2. The van der Waals surface area contributed by atoms with E-state index in [0.717, 1.165) is 34.7 Å². The van der Waals surface area contributed by atoms with Crippen molar-refractivity contribution in [2.75, 3.05) is 11.1 Å². The molecule has 21 heavy (non-hydrogen) atoms. The lowest BCUT2D eigenvalue weighted by atomic mass is 10.0. The van der Waals surface area contributed by atoms with Crippen LogP contribution in [-0.2, 0) is 0 Å². The Kier molecular flexibility index (Phi) is 4.22. The van der Waals surface area contributed by atoms with Crippen LogP contribution in [0.3, 0.4) is 0 Å². The fourth-order valence-electron chi connectivity index (χ4n) is 2.39. The zero-order valence-corrected chi connectivity index (χ0v) is 12.4. The number of benzene rings is 1. The zero-order valence-electron chi connectivity index (χ0n) is 11.6. The van der Waals surface area contributed by atoms with Crippen molar-refractivity contribution in [3.63, 3.8) is 0 Å². The van der Waals surface area contributed by atoms with Gasteiger partial charge in [-0.25, -0.2) is 0 Å². The molecule has 1 aliphatic rings. The highest BCUT2D eigenvalue weighted by Crippen LogP contribution is 2.34. The van der Waals surface area contributed by atoms with Crippen molar-refractivity contribution < 1.29 is 4.79 Å². The van der Waals surface area contributed by atoms with E-state index in [0.29, 0.717) is 5.56 Å². The number of fused-ring (bicyclic) bond motifs is 1. The van der Waals surface area contributed by atoms with Crippen LogP contribution in [0.4, 0.5) is 5.69 Å². The van der Waals surface area contributed by atoms with E-state index in [1.165, 1.54) is 0 Å². The minimum atomic E-state index is -0.109. The van der Waals surface area contributed by atoms with Gasteiger partial charge < -0.3 is 11.1 Å². The van der Waals surface area contributed by atoms with Crippen LogP contribution in [0.15, 0.2) is 47.6 Å². The van der Waals surface area contributed by atoms with Crippen LogP contribution in [-0.4, -0.2) is 16.6 Å². The molecule has 0 saturated carbocycles. The fourth-order valence-corrected chi connectivity index (χ4v) is 3.51. The quantitative estimate of drug-likeness (QED) is 0.893. The average Bonchev–Trinajstić information content (AvgIpc) is 2.70. The maximum absolute atomic E-state index is 12.3. The summed E-state index contributed by atoms with van der Waals surface area (Å²) in [6.45, 7) is 0. The van der Waals surface area contributed by atoms with Gasteiger partial charge in [0.2, 0.25) is 0 Å². The topological polar surface area (TPSA) is 68.0 Å². The number of carbonyl (C=O) groups excluding carboxylic acids is 1. The van der Waals surface area contributed by atoms with Gasteiger partial charge in [-0.2, -0.15) is 0 Å². The molecule has 0 fully saturated rings. The molecule has 0 spiro atoms. The van der Waals surface area contributed by atoms with Gasteiger partial charge in [0.05, 0.1) is 0 Å². The first kappa shape index (κ1) is 14.1. The van der Waals surface area contributed by atoms with Crippen LogP contribution < -0.4 is 11.1 Å². The second-order valence-electron chi connectivity index (χ2n) is 5.04. The molecule has 1 aromatic heterocycles. The van der Waals surface area contributed by atoms with Gasteiger partial charge >= 0.3 is 0 Å². The number of aromatic nitrogens is 1. The van der Waals surface area contributed by atoms with Gasteiger partial charge in [0.25, 0.3) is 5.91 Å². The van der Waals surface area contributed by atoms with Crippen molar-refractivity contribution in [3.05, 3.63) is 53.9 Å². The van der Waals surface area contributed by atoms with Crippen LogP contribution >= 0.6 is 11.8 Å². The first-order valence-electron chi connectivity index (χ1n) is 6.98. The molecule has 1 atom stereocenters. The number of nitrogens with two attached hydrogens (primary N) is 1. The maximum Gasteiger partial charge on any atom is 0.255 e. The van der Waals surface area contributed by atoms with Crippen molar-refractivity contribution in [3.8, 4) is 0 Å². The predicted octanol–water partition coefficient (Wildman–Crippen LogP) is 3.22. The summed E-state index contributed by atoms with van der Waals surface area (Å²) >= 11 is 1.78. The molecule has 4 nitrogen and oxygen atoms in total. The Balaban J connectivity index is 1.83. The van der Waals surface area contributed by atoms with Gasteiger partial charge in [-0.1, -0.05) is 6.07 Å². The van der Waals surface area contributed by atoms with Crippen molar-refractivity contribution in [1.82, 2.24) is 4.98 Å². The van der Waals surface area contributed by atoms with E-state index in [1.807, 2.05) is 18.2 Å². The molecule has 5 heteroatoms. The number of hydrogen-bond acceptors (Lipinski definition) is 4. The van der Waals surface area contributed by atoms with Gasteiger partial charge in [-0.15, -0.1) is 11.8 Å². The number of nitrogens with zero attached hydrogens (tertiary/aromatic N) is 1. The van der Waals surface area contributed by atoms with Gasteiger partial charge in [0, 0.05) is 34.6 Å². The van der Waals surface area contributed by atoms with Crippen LogP contribution in [0.25, 0.3) is 0 Å². The van der Waals surface area contributed by atoms with E-state index >= 15 is 0 Å². The average molecular weight is 299 g/mol. The summed E-state index contributed by atoms with van der Waals surface area (Å²) < 4.78 is 0. The smallest absolute Gasteiger partial charge is 0.255 e. The molecule has 0 saturated heterocycles. The highest BCUT2D eigenvalue weighted by atomic mass is 32.2. The minimum absolute atomic E-state index is 0.0762. The summed E-state index contributed by atoms with van der Waals surface area (Å²) in [6.07, 6.45) is 5.42. The second kappa shape index (κ2) is 6.28. The largest absolute Gasteiger partial charge is 0.324 e. The van der Waals surface area contributed by atoms with E-state index in [2.05, 4.69) is 10.3 Å². The van der Waals surface area contributed by atoms with Crippen molar-refractivity contribution in [1.29, 1.82) is 0 Å². The molecule has 1 aromatic carbocycles. The molecular weight excluding hydrogens is 282 g/mol. The fraction of sp³-hybridized carbons (Fsp3) is 0.250.